The van der Waals surface area contributed by atoms with Crippen LogP contribution in [0.2, 0.25) is 0 Å². The monoisotopic (exact) mass is 222 g/mol. The third kappa shape index (κ3) is 1.28. The van der Waals surface area contributed by atoms with Crippen LogP contribution >= 0.6 is 0 Å². The van der Waals surface area contributed by atoms with E-state index in [0.717, 1.165) is 6.42 Å². The van der Waals surface area contributed by atoms with Gasteiger partial charge in [0, 0.05) is 6.42 Å². The molecule has 0 fully saturated rings. The highest BCUT2D eigenvalue weighted by Gasteiger charge is 2.23. The quantitative estimate of drug-likeness (QED) is 0.760. The van der Waals surface area contributed by atoms with Crippen LogP contribution in [0, 0.1) is 0 Å². The SMILES string of the molecule is Nc1nn(-c2cnco2)c2c1OCCCO2. The molecule has 1 aliphatic heterocycles. The van der Waals surface area contributed by atoms with Gasteiger partial charge >= 0.3 is 0 Å². The fourth-order valence-electron chi connectivity index (χ4n) is 1.53. The summed E-state index contributed by atoms with van der Waals surface area (Å²) in [4.78, 5) is 3.82. The Balaban J connectivity index is 2.13. The molecular weight excluding hydrogens is 212 g/mol. The normalized spacial score (nSPS) is 14.8. The number of nitrogens with zero attached hydrogens (tertiary/aromatic N) is 3. The lowest BCUT2D eigenvalue weighted by Gasteiger charge is -2.03. The number of hydrogen-bond acceptors (Lipinski definition) is 6. The fraction of sp³-hybridized carbons (Fsp3) is 0.333. The number of ether oxygens (including phenoxy) is 2. The molecule has 7 nitrogen and oxygen atoms in total. The van der Waals surface area contributed by atoms with Crippen molar-refractivity contribution < 1.29 is 13.9 Å². The zero-order valence-corrected chi connectivity index (χ0v) is 8.42. The molecule has 2 aromatic rings. The van der Waals surface area contributed by atoms with Crippen molar-refractivity contribution in [1.82, 2.24) is 14.8 Å². The molecule has 0 unspecified atom stereocenters. The van der Waals surface area contributed by atoms with Crippen molar-refractivity contribution in [3.8, 4) is 17.5 Å². The summed E-state index contributed by atoms with van der Waals surface area (Å²) in [5, 5.41) is 4.09. The molecule has 0 aromatic carbocycles. The van der Waals surface area contributed by atoms with Crippen molar-refractivity contribution in [3.63, 3.8) is 0 Å². The molecule has 3 heterocycles. The molecule has 0 saturated carbocycles. The summed E-state index contributed by atoms with van der Waals surface area (Å²) in [6.45, 7) is 1.13. The molecule has 7 heteroatoms. The lowest BCUT2D eigenvalue weighted by Crippen LogP contribution is -2.04. The van der Waals surface area contributed by atoms with Gasteiger partial charge < -0.3 is 19.6 Å². The van der Waals surface area contributed by atoms with Gasteiger partial charge in [-0.05, 0) is 0 Å². The molecule has 2 N–H and O–H groups in total. The molecule has 84 valence electrons. The zero-order chi connectivity index (χ0) is 11.0. The Hall–Kier alpha value is -2.18. The number of hydrogen-bond donors (Lipinski definition) is 1. The largest absolute Gasteiger partial charge is 0.485 e. The van der Waals surface area contributed by atoms with Crippen LogP contribution in [0.1, 0.15) is 6.42 Å². The van der Waals surface area contributed by atoms with Crippen molar-refractivity contribution in [2.24, 2.45) is 0 Å². The Morgan fingerprint density at radius 1 is 1.31 bits per heavy atom. The summed E-state index contributed by atoms with van der Waals surface area (Å²) in [5.41, 5.74) is 5.74. The highest BCUT2D eigenvalue weighted by Crippen LogP contribution is 2.36. The minimum Gasteiger partial charge on any atom is -0.485 e. The van der Waals surface area contributed by atoms with Crippen molar-refractivity contribution in [3.05, 3.63) is 12.6 Å². The van der Waals surface area contributed by atoms with Crippen LogP contribution in [-0.4, -0.2) is 28.0 Å². The maximum Gasteiger partial charge on any atom is 0.265 e. The van der Waals surface area contributed by atoms with Gasteiger partial charge in [-0.1, -0.05) is 0 Å². The summed E-state index contributed by atoms with van der Waals surface area (Å²) < 4.78 is 17.6. The van der Waals surface area contributed by atoms with E-state index in [4.69, 9.17) is 19.6 Å². The molecule has 0 saturated heterocycles. The molecule has 0 atom stereocenters. The first-order valence-electron chi connectivity index (χ1n) is 4.89. The number of anilines is 1. The zero-order valence-electron chi connectivity index (χ0n) is 8.42. The van der Waals surface area contributed by atoms with Crippen LogP contribution in [0.4, 0.5) is 5.82 Å². The van der Waals surface area contributed by atoms with Gasteiger partial charge in [0.2, 0.25) is 11.6 Å². The lowest BCUT2D eigenvalue weighted by atomic mass is 10.5. The maximum absolute atomic E-state index is 5.74. The lowest BCUT2D eigenvalue weighted by molar-refractivity contribution is 0.283. The number of rotatable bonds is 1. The van der Waals surface area contributed by atoms with E-state index in [1.54, 1.807) is 0 Å². The van der Waals surface area contributed by atoms with Crippen LogP contribution in [0.25, 0.3) is 5.88 Å². The molecule has 0 radical (unpaired) electrons. The summed E-state index contributed by atoms with van der Waals surface area (Å²) in [6.07, 6.45) is 3.66. The van der Waals surface area contributed by atoms with E-state index in [-0.39, 0.29) is 5.82 Å². The van der Waals surface area contributed by atoms with Crippen LogP contribution < -0.4 is 15.2 Å². The van der Waals surface area contributed by atoms with Crippen LogP contribution in [0.3, 0.4) is 0 Å². The molecular formula is C9H10N4O3. The smallest absolute Gasteiger partial charge is 0.265 e. The van der Waals surface area contributed by atoms with Crippen LogP contribution in [-0.2, 0) is 0 Å². The number of nitrogens with two attached hydrogens (primary N) is 1. The molecule has 0 amide bonds. The van der Waals surface area contributed by atoms with Gasteiger partial charge in [-0.15, -0.1) is 5.10 Å². The van der Waals surface area contributed by atoms with E-state index >= 15 is 0 Å². The molecule has 0 aliphatic carbocycles. The first kappa shape index (κ1) is 9.08. The predicted octanol–water partition coefficient (Wildman–Crippen LogP) is 0.604. The van der Waals surface area contributed by atoms with Crippen molar-refractivity contribution in [2.75, 3.05) is 18.9 Å². The summed E-state index contributed by atoms with van der Waals surface area (Å²) in [7, 11) is 0. The fourth-order valence-corrected chi connectivity index (χ4v) is 1.53. The summed E-state index contributed by atoms with van der Waals surface area (Å²) >= 11 is 0. The number of oxazole rings is 1. The molecule has 16 heavy (non-hydrogen) atoms. The average Bonchev–Trinajstić information content (AvgIpc) is 2.82. The Bertz CT molecular complexity index is 491. The first-order chi connectivity index (χ1) is 7.86. The Labute approximate surface area is 90.8 Å². The third-order valence-electron chi connectivity index (χ3n) is 2.23. The Morgan fingerprint density at radius 2 is 2.19 bits per heavy atom. The maximum atomic E-state index is 5.74. The predicted molar refractivity (Wildman–Crippen MR) is 53.6 cm³/mol. The highest BCUT2D eigenvalue weighted by molar-refractivity contribution is 5.55. The van der Waals surface area contributed by atoms with E-state index in [2.05, 4.69) is 10.1 Å². The standard InChI is InChI=1S/C9H10N4O3/c10-8-7-9(15-3-1-2-14-7)13(12-8)6-4-11-5-16-6/h4-5H,1-3H2,(H2,10,12). The van der Waals surface area contributed by atoms with E-state index in [9.17, 15) is 0 Å². The van der Waals surface area contributed by atoms with Gasteiger partial charge in [0.15, 0.2) is 12.2 Å². The van der Waals surface area contributed by atoms with Crippen molar-refractivity contribution in [2.45, 2.75) is 6.42 Å². The van der Waals surface area contributed by atoms with Gasteiger partial charge in [0.1, 0.15) is 0 Å². The minimum atomic E-state index is 0.285. The first-order valence-corrected chi connectivity index (χ1v) is 4.89. The van der Waals surface area contributed by atoms with E-state index < -0.39 is 0 Å². The number of nitrogen functional groups attached to an aromatic ring is 1. The van der Waals surface area contributed by atoms with Gasteiger partial charge in [-0.2, -0.15) is 4.68 Å². The second-order valence-electron chi connectivity index (χ2n) is 3.32. The highest BCUT2D eigenvalue weighted by atomic mass is 16.5. The second-order valence-corrected chi connectivity index (χ2v) is 3.32. The Kier molecular flexibility index (Phi) is 1.95. The van der Waals surface area contributed by atoms with Gasteiger partial charge in [0.25, 0.3) is 5.88 Å². The number of fused-ring (bicyclic) bond motifs is 1. The third-order valence-corrected chi connectivity index (χ3v) is 2.23. The summed E-state index contributed by atoms with van der Waals surface area (Å²) in [6, 6.07) is 0. The van der Waals surface area contributed by atoms with E-state index in [1.807, 2.05) is 0 Å². The molecule has 0 spiro atoms. The Morgan fingerprint density at radius 3 is 3.00 bits per heavy atom. The van der Waals surface area contributed by atoms with Crippen LogP contribution in [0.15, 0.2) is 17.0 Å². The summed E-state index contributed by atoms with van der Waals surface area (Å²) in [5.74, 6) is 1.66. The van der Waals surface area contributed by atoms with Crippen LogP contribution in [0.5, 0.6) is 11.6 Å². The minimum absolute atomic E-state index is 0.285. The molecule has 1 aliphatic rings. The topological polar surface area (TPSA) is 88.3 Å². The molecule has 2 aromatic heterocycles. The van der Waals surface area contributed by atoms with E-state index in [1.165, 1.54) is 17.3 Å². The molecule has 0 bridgehead atoms. The van der Waals surface area contributed by atoms with Gasteiger partial charge in [0.05, 0.1) is 19.4 Å². The van der Waals surface area contributed by atoms with E-state index in [0.29, 0.717) is 30.7 Å². The van der Waals surface area contributed by atoms with Crippen molar-refractivity contribution in [1.29, 1.82) is 0 Å². The average molecular weight is 222 g/mol. The second kappa shape index (κ2) is 3.44. The number of aromatic nitrogens is 3. The van der Waals surface area contributed by atoms with Gasteiger partial charge in [-0.25, -0.2) is 4.98 Å². The van der Waals surface area contributed by atoms with Gasteiger partial charge in [-0.3, -0.25) is 0 Å². The van der Waals surface area contributed by atoms with Crippen molar-refractivity contribution >= 4 is 5.82 Å². The molecule has 3 rings (SSSR count).